The fourth-order valence-corrected chi connectivity index (χ4v) is 3.73. The summed E-state index contributed by atoms with van der Waals surface area (Å²) in [4.78, 5) is 12.5. The van der Waals surface area contributed by atoms with Crippen molar-refractivity contribution in [1.82, 2.24) is 0 Å². The number of allylic oxidation sites excluding steroid dienone is 2. The van der Waals surface area contributed by atoms with Gasteiger partial charge < -0.3 is 14.3 Å². The number of carbonyl (C=O) groups excluding carboxylic acids is 1. The molecule has 0 spiro atoms. The molecule has 0 saturated carbocycles. The number of unbranched alkanes of at least 4 members (excludes halogenated alkanes) is 11. The molecule has 0 bridgehead atoms. The Balaban J connectivity index is 2.16. The molecule has 0 amide bonds. The monoisotopic (exact) mass is 434 g/mol. The van der Waals surface area contributed by atoms with Gasteiger partial charge in [-0.05, 0) is 38.5 Å². The average Bonchev–Trinajstić information content (AvgIpc) is 3.17. The maximum atomic E-state index is 12.5. The van der Waals surface area contributed by atoms with E-state index in [9.17, 15) is 9.90 Å². The van der Waals surface area contributed by atoms with Crippen molar-refractivity contribution < 1.29 is 19.1 Å². The predicted molar refractivity (Wildman–Crippen MR) is 128 cm³/mol. The van der Waals surface area contributed by atoms with E-state index >= 15 is 0 Å². The predicted octanol–water partition coefficient (Wildman–Crippen LogP) is 8.13. The van der Waals surface area contributed by atoms with Crippen LogP contribution in [0.5, 0.6) is 5.75 Å². The van der Waals surface area contributed by atoms with Crippen LogP contribution < -0.4 is 0 Å². The summed E-state index contributed by atoms with van der Waals surface area (Å²) in [6, 6.07) is 1.52. The number of esters is 1. The molecule has 1 rings (SSSR count). The van der Waals surface area contributed by atoms with Crippen LogP contribution in [0.3, 0.4) is 0 Å². The lowest BCUT2D eigenvalue weighted by atomic mass is 9.96. The molecule has 0 saturated heterocycles. The fourth-order valence-electron chi connectivity index (χ4n) is 3.73. The van der Waals surface area contributed by atoms with Crippen molar-refractivity contribution in [3.05, 3.63) is 30.2 Å². The normalized spacial score (nSPS) is 12.5. The van der Waals surface area contributed by atoms with Gasteiger partial charge in [0.05, 0.1) is 18.8 Å². The lowest BCUT2D eigenvalue weighted by molar-refractivity contribution is -0.149. The van der Waals surface area contributed by atoms with Crippen molar-refractivity contribution in [3.8, 4) is 5.75 Å². The summed E-state index contributed by atoms with van der Waals surface area (Å²) in [5.41, 5.74) is 0. The molecule has 0 aliphatic carbocycles. The van der Waals surface area contributed by atoms with Crippen LogP contribution in [0.25, 0.3) is 0 Å². The molecular formula is C27H46O4. The van der Waals surface area contributed by atoms with E-state index in [0.29, 0.717) is 18.8 Å². The minimum absolute atomic E-state index is 0.124. The molecule has 0 aliphatic heterocycles. The molecule has 1 aromatic heterocycles. The largest absolute Gasteiger partial charge is 0.504 e. The highest BCUT2D eigenvalue weighted by atomic mass is 16.5. The second-order valence-electron chi connectivity index (χ2n) is 8.67. The number of carbonyl (C=O) groups is 1. The molecule has 178 valence electrons. The zero-order valence-electron chi connectivity index (χ0n) is 20.1. The highest BCUT2D eigenvalue weighted by Crippen LogP contribution is 2.25. The van der Waals surface area contributed by atoms with Gasteiger partial charge in [0.2, 0.25) is 0 Å². The number of hydrogen-bond acceptors (Lipinski definition) is 4. The summed E-state index contributed by atoms with van der Waals surface area (Å²) in [5.74, 6) is 0.194. The van der Waals surface area contributed by atoms with Crippen molar-refractivity contribution >= 4 is 5.97 Å². The van der Waals surface area contributed by atoms with Crippen LogP contribution >= 0.6 is 0 Å². The lowest BCUT2D eigenvalue weighted by Gasteiger charge is -2.15. The summed E-state index contributed by atoms with van der Waals surface area (Å²) < 4.78 is 10.8. The van der Waals surface area contributed by atoms with E-state index in [1.54, 1.807) is 0 Å². The Morgan fingerprint density at radius 2 is 1.55 bits per heavy atom. The van der Waals surface area contributed by atoms with Gasteiger partial charge >= 0.3 is 5.97 Å². The smallest absolute Gasteiger partial charge is 0.309 e. The van der Waals surface area contributed by atoms with Crippen molar-refractivity contribution in [2.75, 3.05) is 6.61 Å². The van der Waals surface area contributed by atoms with Crippen LogP contribution in [0.1, 0.15) is 116 Å². The molecule has 0 aromatic carbocycles. The molecule has 1 aromatic rings. The van der Waals surface area contributed by atoms with E-state index in [4.69, 9.17) is 9.15 Å². The summed E-state index contributed by atoms with van der Waals surface area (Å²) >= 11 is 0. The zero-order valence-corrected chi connectivity index (χ0v) is 20.1. The van der Waals surface area contributed by atoms with Crippen LogP contribution in [0.2, 0.25) is 0 Å². The van der Waals surface area contributed by atoms with Gasteiger partial charge in [-0.15, -0.1) is 0 Å². The number of rotatable bonds is 20. The summed E-state index contributed by atoms with van der Waals surface area (Å²) in [5, 5.41) is 9.84. The number of furan rings is 1. The van der Waals surface area contributed by atoms with E-state index in [1.807, 2.05) is 0 Å². The second-order valence-corrected chi connectivity index (χ2v) is 8.67. The van der Waals surface area contributed by atoms with Gasteiger partial charge in [0.1, 0.15) is 5.76 Å². The fraction of sp³-hybridized carbons (Fsp3) is 0.741. The Hall–Kier alpha value is -1.71. The Bertz CT molecular complexity index is 576. The SMILES string of the molecule is CCCCCCCC/C=C\CCCCCCC(Cc1occc1O)C(=O)OCCCC. The van der Waals surface area contributed by atoms with Gasteiger partial charge in [0.25, 0.3) is 0 Å². The van der Waals surface area contributed by atoms with E-state index in [1.165, 1.54) is 70.1 Å². The van der Waals surface area contributed by atoms with Crippen molar-refractivity contribution in [1.29, 1.82) is 0 Å². The Labute approximate surface area is 190 Å². The number of ether oxygens (including phenoxy) is 1. The second kappa shape index (κ2) is 19.0. The molecule has 1 atom stereocenters. The summed E-state index contributed by atoms with van der Waals surface area (Å²) in [6.07, 6.45) is 24.2. The first-order valence-corrected chi connectivity index (χ1v) is 12.8. The standard InChI is InChI=1S/C27H46O4/c1-3-5-7-8-9-10-11-12-13-14-15-16-17-18-19-24(27(29)31-21-6-4-2)23-26-25(28)20-22-30-26/h12-13,20,22,24,28H,3-11,14-19,21,23H2,1-2H3/b13-12-. The van der Waals surface area contributed by atoms with E-state index in [0.717, 1.165) is 38.5 Å². The summed E-state index contributed by atoms with van der Waals surface area (Å²) in [6.45, 7) is 4.81. The topological polar surface area (TPSA) is 59.7 Å². The van der Waals surface area contributed by atoms with Crippen LogP contribution in [-0.2, 0) is 16.0 Å². The number of aromatic hydroxyl groups is 1. The van der Waals surface area contributed by atoms with Gasteiger partial charge in [-0.3, -0.25) is 4.79 Å². The van der Waals surface area contributed by atoms with Gasteiger partial charge in [-0.1, -0.05) is 83.8 Å². The van der Waals surface area contributed by atoms with Gasteiger partial charge in [-0.2, -0.15) is 0 Å². The molecule has 1 unspecified atom stereocenters. The first-order valence-electron chi connectivity index (χ1n) is 12.8. The third kappa shape index (κ3) is 14.1. The highest BCUT2D eigenvalue weighted by Gasteiger charge is 2.23. The maximum Gasteiger partial charge on any atom is 0.309 e. The van der Waals surface area contributed by atoms with E-state index < -0.39 is 0 Å². The quantitative estimate of drug-likeness (QED) is 0.128. The Morgan fingerprint density at radius 3 is 2.16 bits per heavy atom. The third-order valence-electron chi connectivity index (χ3n) is 5.79. The van der Waals surface area contributed by atoms with Crippen molar-refractivity contribution in [2.45, 2.75) is 117 Å². The van der Waals surface area contributed by atoms with Gasteiger partial charge in [0.15, 0.2) is 5.75 Å². The van der Waals surface area contributed by atoms with E-state index in [2.05, 4.69) is 26.0 Å². The zero-order chi connectivity index (χ0) is 22.6. The maximum absolute atomic E-state index is 12.5. The van der Waals surface area contributed by atoms with Crippen LogP contribution in [0.4, 0.5) is 0 Å². The average molecular weight is 435 g/mol. The van der Waals surface area contributed by atoms with Crippen molar-refractivity contribution in [2.24, 2.45) is 5.92 Å². The lowest BCUT2D eigenvalue weighted by Crippen LogP contribution is -2.20. The molecule has 0 aliphatic rings. The Kier molecular flexibility index (Phi) is 16.8. The first-order chi connectivity index (χ1) is 15.2. The Morgan fingerprint density at radius 1 is 0.935 bits per heavy atom. The van der Waals surface area contributed by atoms with Crippen LogP contribution in [0.15, 0.2) is 28.9 Å². The van der Waals surface area contributed by atoms with Gasteiger partial charge in [0, 0.05) is 12.5 Å². The summed E-state index contributed by atoms with van der Waals surface area (Å²) in [7, 11) is 0. The molecule has 0 fully saturated rings. The van der Waals surface area contributed by atoms with Gasteiger partial charge in [-0.25, -0.2) is 0 Å². The molecule has 4 nitrogen and oxygen atoms in total. The van der Waals surface area contributed by atoms with E-state index in [-0.39, 0.29) is 17.6 Å². The highest BCUT2D eigenvalue weighted by molar-refractivity contribution is 5.72. The minimum Gasteiger partial charge on any atom is -0.504 e. The molecule has 1 N–H and O–H groups in total. The molecule has 1 heterocycles. The van der Waals surface area contributed by atoms with Crippen LogP contribution in [-0.4, -0.2) is 17.7 Å². The third-order valence-corrected chi connectivity index (χ3v) is 5.79. The van der Waals surface area contributed by atoms with Crippen molar-refractivity contribution in [3.63, 3.8) is 0 Å². The minimum atomic E-state index is -0.244. The number of hydrogen-bond donors (Lipinski definition) is 1. The molecular weight excluding hydrogens is 388 g/mol. The van der Waals surface area contributed by atoms with Crippen LogP contribution in [0, 0.1) is 5.92 Å². The molecule has 31 heavy (non-hydrogen) atoms. The first kappa shape index (κ1) is 27.3. The molecule has 4 heteroatoms. The molecule has 0 radical (unpaired) electrons.